The number of carbonyl (C=O) groups is 2. The van der Waals surface area contributed by atoms with Crippen molar-refractivity contribution < 1.29 is 9.59 Å². The third-order valence-corrected chi connectivity index (χ3v) is 1.87. The van der Waals surface area contributed by atoms with Crippen LogP contribution < -0.4 is 0 Å². The van der Waals surface area contributed by atoms with Crippen molar-refractivity contribution in [2.45, 2.75) is 33.2 Å². The molecule has 64 valence electrons. The molecule has 0 fully saturated rings. The van der Waals surface area contributed by atoms with E-state index in [-0.39, 0.29) is 17.7 Å². The zero-order valence-corrected chi connectivity index (χ0v) is 7.55. The first-order chi connectivity index (χ1) is 5.00. The normalized spacial score (nSPS) is 12.4. The predicted octanol–water partition coefficient (Wildman–Crippen LogP) is 0.832. The standard InChI is InChI=1S/C8H15NO2/c1-5-8(11)9(4)6(2)7(3)10/h6H,5H2,1-4H3/t6-/m0/s1. The number of amides is 1. The lowest BCUT2D eigenvalue weighted by molar-refractivity contribution is -0.136. The summed E-state index contributed by atoms with van der Waals surface area (Å²) in [5, 5.41) is 0. The quantitative estimate of drug-likeness (QED) is 0.608. The highest BCUT2D eigenvalue weighted by Gasteiger charge is 2.16. The van der Waals surface area contributed by atoms with Gasteiger partial charge in [-0.3, -0.25) is 9.59 Å². The minimum Gasteiger partial charge on any atom is -0.336 e. The topological polar surface area (TPSA) is 37.4 Å². The number of nitrogens with zero attached hydrogens (tertiary/aromatic N) is 1. The molecule has 0 aromatic heterocycles. The van der Waals surface area contributed by atoms with Crippen LogP contribution in [0, 0.1) is 0 Å². The van der Waals surface area contributed by atoms with Crippen LogP contribution in [0.3, 0.4) is 0 Å². The third kappa shape index (κ3) is 2.70. The van der Waals surface area contributed by atoms with E-state index in [0.29, 0.717) is 6.42 Å². The fourth-order valence-electron chi connectivity index (χ4n) is 0.738. The second-order valence-corrected chi connectivity index (χ2v) is 2.64. The van der Waals surface area contributed by atoms with E-state index in [2.05, 4.69) is 0 Å². The molecule has 0 N–H and O–H groups in total. The smallest absolute Gasteiger partial charge is 0.222 e. The number of Topliss-reactive ketones (excluding diaryl/α,β-unsaturated/α-hetero) is 1. The molecular weight excluding hydrogens is 142 g/mol. The number of rotatable bonds is 3. The van der Waals surface area contributed by atoms with E-state index in [1.54, 1.807) is 20.9 Å². The van der Waals surface area contributed by atoms with E-state index in [9.17, 15) is 9.59 Å². The molecule has 0 bridgehead atoms. The van der Waals surface area contributed by atoms with Crippen LogP contribution in [0.25, 0.3) is 0 Å². The highest BCUT2D eigenvalue weighted by molar-refractivity contribution is 5.86. The summed E-state index contributed by atoms with van der Waals surface area (Å²) in [5.74, 6) is 0.0296. The molecule has 0 aliphatic rings. The minimum atomic E-state index is -0.289. The minimum absolute atomic E-state index is 0.00713. The van der Waals surface area contributed by atoms with Crippen molar-refractivity contribution in [3.05, 3.63) is 0 Å². The Labute approximate surface area is 67.4 Å². The van der Waals surface area contributed by atoms with Gasteiger partial charge in [0.1, 0.15) is 0 Å². The number of likely N-dealkylation sites (N-methyl/N-ethyl adjacent to an activating group) is 1. The van der Waals surface area contributed by atoms with Crippen LogP contribution in [0.15, 0.2) is 0 Å². The Morgan fingerprint density at radius 2 is 1.91 bits per heavy atom. The van der Waals surface area contributed by atoms with Crippen LogP contribution in [-0.2, 0) is 9.59 Å². The van der Waals surface area contributed by atoms with Gasteiger partial charge < -0.3 is 4.90 Å². The summed E-state index contributed by atoms with van der Waals surface area (Å²) in [7, 11) is 1.65. The Balaban J connectivity index is 4.12. The monoisotopic (exact) mass is 157 g/mol. The van der Waals surface area contributed by atoms with Gasteiger partial charge in [-0.15, -0.1) is 0 Å². The number of ketones is 1. The average Bonchev–Trinajstić information content (AvgIpc) is 2.00. The van der Waals surface area contributed by atoms with Crippen LogP contribution >= 0.6 is 0 Å². The second-order valence-electron chi connectivity index (χ2n) is 2.64. The van der Waals surface area contributed by atoms with Gasteiger partial charge in [-0.1, -0.05) is 6.92 Å². The van der Waals surface area contributed by atoms with Crippen molar-refractivity contribution in [3.63, 3.8) is 0 Å². The zero-order valence-electron chi connectivity index (χ0n) is 7.55. The summed E-state index contributed by atoms with van der Waals surface area (Å²) in [4.78, 5) is 23.3. The largest absolute Gasteiger partial charge is 0.336 e. The molecule has 0 spiro atoms. The summed E-state index contributed by atoms with van der Waals surface area (Å²) < 4.78 is 0. The average molecular weight is 157 g/mol. The lowest BCUT2D eigenvalue weighted by Crippen LogP contribution is -2.38. The lowest BCUT2D eigenvalue weighted by atomic mass is 10.2. The molecular formula is C8H15NO2. The molecule has 0 rings (SSSR count). The van der Waals surface area contributed by atoms with Gasteiger partial charge in [0, 0.05) is 13.5 Å². The van der Waals surface area contributed by atoms with Gasteiger partial charge in [-0.05, 0) is 13.8 Å². The van der Waals surface area contributed by atoms with E-state index >= 15 is 0 Å². The van der Waals surface area contributed by atoms with E-state index in [0.717, 1.165) is 0 Å². The van der Waals surface area contributed by atoms with Gasteiger partial charge >= 0.3 is 0 Å². The van der Waals surface area contributed by atoms with Crippen molar-refractivity contribution in [1.82, 2.24) is 4.90 Å². The van der Waals surface area contributed by atoms with Gasteiger partial charge in [-0.2, -0.15) is 0 Å². The molecule has 3 heteroatoms. The molecule has 0 aromatic rings. The molecule has 0 aliphatic heterocycles. The first-order valence-corrected chi connectivity index (χ1v) is 3.76. The van der Waals surface area contributed by atoms with E-state index in [1.807, 2.05) is 0 Å². The maximum atomic E-state index is 11.0. The van der Waals surface area contributed by atoms with Gasteiger partial charge in [0.25, 0.3) is 0 Å². The SMILES string of the molecule is CCC(=O)N(C)[C@@H](C)C(C)=O. The van der Waals surface area contributed by atoms with Crippen molar-refractivity contribution in [3.8, 4) is 0 Å². The van der Waals surface area contributed by atoms with Crippen molar-refractivity contribution in [1.29, 1.82) is 0 Å². The molecule has 0 saturated carbocycles. The van der Waals surface area contributed by atoms with Gasteiger partial charge in [-0.25, -0.2) is 0 Å². The molecule has 0 heterocycles. The molecule has 1 amide bonds. The number of hydrogen-bond acceptors (Lipinski definition) is 2. The van der Waals surface area contributed by atoms with Crippen molar-refractivity contribution in [2.75, 3.05) is 7.05 Å². The Morgan fingerprint density at radius 3 is 2.18 bits per heavy atom. The molecule has 0 aliphatic carbocycles. The van der Waals surface area contributed by atoms with Crippen LogP contribution in [0.2, 0.25) is 0 Å². The summed E-state index contributed by atoms with van der Waals surface area (Å²) in [6, 6.07) is -0.289. The summed E-state index contributed by atoms with van der Waals surface area (Å²) in [6.45, 7) is 5.01. The van der Waals surface area contributed by atoms with Gasteiger partial charge in [0.15, 0.2) is 5.78 Å². The molecule has 0 unspecified atom stereocenters. The van der Waals surface area contributed by atoms with Crippen molar-refractivity contribution >= 4 is 11.7 Å². The van der Waals surface area contributed by atoms with E-state index in [1.165, 1.54) is 11.8 Å². The third-order valence-electron chi connectivity index (χ3n) is 1.87. The van der Waals surface area contributed by atoms with Crippen LogP contribution in [0.5, 0.6) is 0 Å². The highest BCUT2D eigenvalue weighted by atomic mass is 16.2. The van der Waals surface area contributed by atoms with Crippen LogP contribution in [0.1, 0.15) is 27.2 Å². The summed E-state index contributed by atoms with van der Waals surface area (Å²) in [5.41, 5.74) is 0. The maximum Gasteiger partial charge on any atom is 0.222 e. The highest BCUT2D eigenvalue weighted by Crippen LogP contribution is 1.99. The van der Waals surface area contributed by atoms with Gasteiger partial charge in [0.05, 0.1) is 6.04 Å². The summed E-state index contributed by atoms with van der Waals surface area (Å²) in [6.07, 6.45) is 0.452. The Hall–Kier alpha value is -0.860. The number of hydrogen-bond donors (Lipinski definition) is 0. The first kappa shape index (κ1) is 10.1. The Morgan fingerprint density at radius 1 is 1.45 bits per heavy atom. The summed E-state index contributed by atoms with van der Waals surface area (Å²) >= 11 is 0. The second kappa shape index (κ2) is 4.11. The molecule has 0 saturated heterocycles. The predicted molar refractivity (Wildman–Crippen MR) is 43.2 cm³/mol. The number of carbonyl (C=O) groups excluding carboxylic acids is 2. The van der Waals surface area contributed by atoms with Crippen LogP contribution in [-0.4, -0.2) is 29.7 Å². The van der Waals surface area contributed by atoms with E-state index in [4.69, 9.17) is 0 Å². The van der Waals surface area contributed by atoms with E-state index < -0.39 is 0 Å². The molecule has 11 heavy (non-hydrogen) atoms. The molecule has 0 aromatic carbocycles. The fourth-order valence-corrected chi connectivity index (χ4v) is 0.738. The molecule has 3 nitrogen and oxygen atoms in total. The maximum absolute atomic E-state index is 11.0. The lowest BCUT2D eigenvalue weighted by Gasteiger charge is -2.21. The fraction of sp³-hybridized carbons (Fsp3) is 0.750. The zero-order chi connectivity index (χ0) is 9.02. The molecule has 1 atom stereocenters. The van der Waals surface area contributed by atoms with Crippen LogP contribution in [0.4, 0.5) is 0 Å². The van der Waals surface area contributed by atoms with Crippen molar-refractivity contribution in [2.24, 2.45) is 0 Å². The Bertz CT molecular complexity index is 165. The molecule has 0 radical (unpaired) electrons. The Kier molecular flexibility index (Phi) is 3.79. The first-order valence-electron chi connectivity index (χ1n) is 3.76. The van der Waals surface area contributed by atoms with Gasteiger partial charge in [0.2, 0.25) is 5.91 Å².